The summed E-state index contributed by atoms with van der Waals surface area (Å²) in [5.74, 6) is 0.895. The van der Waals surface area contributed by atoms with Gasteiger partial charge in [0.1, 0.15) is 11.4 Å². The number of rotatable bonds is 4. The molecule has 1 aromatic carbocycles. The van der Waals surface area contributed by atoms with Crippen molar-refractivity contribution in [3.63, 3.8) is 0 Å². The molecule has 0 radical (unpaired) electrons. The zero-order valence-electron chi connectivity index (χ0n) is 14.9. The van der Waals surface area contributed by atoms with E-state index in [9.17, 15) is 4.79 Å². The molecule has 0 saturated carbocycles. The highest BCUT2D eigenvalue weighted by Gasteiger charge is 2.26. The van der Waals surface area contributed by atoms with E-state index in [1.807, 2.05) is 34.7 Å². The maximum Gasteiger partial charge on any atom is 0.410 e. The number of ether oxygens (including phenoxy) is 2. The normalized spacial score (nSPS) is 14.4. The van der Waals surface area contributed by atoms with Gasteiger partial charge in [-0.2, -0.15) is 0 Å². The summed E-state index contributed by atoms with van der Waals surface area (Å²) in [5.41, 5.74) is 3.13. The Morgan fingerprint density at radius 2 is 2.04 bits per heavy atom. The van der Waals surface area contributed by atoms with E-state index in [1.54, 1.807) is 4.90 Å². The van der Waals surface area contributed by atoms with Gasteiger partial charge in [-0.1, -0.05) is 6.07 Å². The summed E-state index contributed by atoms with van der Waals surface area (Å²) in [6.45, 7) is 10.3. The third-order valence-corrected chi connectivity index (χ3v) is 3.71. The number of carbonyl (C=O) groups excluding carboxylic acids is 1. The Morgan fingerprint density at radius 1 is 1.30 bits per heavy atom. The summed E-state index contributed by atoms with van der Waals surface area (Å²) in [7, 11) is 1.93. The third kappa shape index (κ3) is 4.61. The van der Waals surface area contributed by atoms with Crippen LogP contribution < -0.4 is 10.1 Å². The summed E-state index contributed by atoms with van der Waals surface area (Å²) in [6.07, 6.45) is 0.595. The summed E-state index contributed by atoms with van der Waals surface area (Å²) < 4.78 is 11.2. The van der Waals surface area contributed by atoms with Gasteiger partial charge in [0, 0.05) is 25.2 Å². The zero-order valence-corrected chi connectivity index (χ0v) is 14.9. The van der Waals surface area contributed by atoms with E-state index in [-0.39, 0.29) is 6.09 Å². The summed E-state index contributed by atoms with van der Waals surface area (Å²) in [6, 6.07) is 4.27. The molecule has 2 rings (SSSR count). The topological polar surface area (TPSA) is 50.8 Å². The van der Waals surface area contributed by atoms with Crippen LogP contribution in [-0.2, 0) is 24.2 Å². The number of nitrogens with one attached hydrogen (secondary N) is 1. The second kappa shape index (κ2) is 7.21. The quantitative estimate of drug-likeness (QED) is 0.926. The van der Waals surface area contributed by atoms with Crippen molar-refractivity contribution < 1.29 is 14.3 Å². The van der Waals surface area contributed by atoms with E-state index in [4.69, 9.17) is 9.47 Å². The van der Waals surface area contributed by atoms with Crippen molar-refractivity contribution in [2.45, 2.75) is 52.8 Å². The highest BCUT2D eigenvalue weighted by atomic mass is 16.6. The first-order valence-electron chi connectivity index (χ1n) is 8.24. The number of nitrogens with zero attached hydrogens (tertiary/aromatic N) is 1. The van der Waals surface area contributed by atoms with E-state index in [1.165, 1.54) is 11.1 Å². The van der Waals surface area contributed by atoms with Crippen molar-refractivity contribution in [3.05, 3.63) is 28.8 Å². The highest BCUT2D eigenvalue weighted by molar-refractivity contribution is 5.68. The van der Waals surface area contributed by atoms with Gasteiger partial charge >= 0.3 is 6.09 Å². The Kier molecular flexibility index (Phi) is 5.52. The van der Waals surface area contributed by atoms with Gasteiger partial charge in [0.15, 0.2) is 0 Å². The second-order valence-corrected chi connectivity index (χ2v) is 6.84. The van der Waals surface area contributed by atoms with Crippen molar-refractivity contribution >= 4 is 6.09 Å². The SMILES string of the molecule is CCOc1cc2c(cc1CNC)CCN(C(=O)OC(C)(C)C)C2. The molecule has 128 valence electrons. The first-order valence-corrected chi connectivity index (χ1v) is 8.24. The van der Waals surface area contributed by atoms with Crippen LogP contribution in [0, 0.1) is 0 Å². The molecule has 1 amide bonds. The number of amides is 1. The molecule has 1 aromatic rings. The van der Waals surface area contributed by atoms with Gasteiger partial charge in [0.2, 0.25) is 0 Å². The highest BCUT2D eigenvalue weighted by Crippen LogP contribution is 2.29. The Bertz CT molecular complexity index is 564. The average molecular weight is 320 g/mol. The predicted octanol–water partition coefficient (Wildman–Crippen LogP) is 3.10. The molecule has 0 unspecified atom stereocenters. The van der Waals surface area contributed by atoms with Gasteiger partial charge in [-0.3, -0.25) is 0 Å². The van der Waals surface area contributed by atoms with E-state index < -0.39 is 5.60 Å². The van der Waals surface area contributed by atoms with E-state index in [0.29, 0.717) is 19.7 Å². The van der Waals surface area contributed by atoms with Gasteiger partial charge in [0.25, 0.3) is 0 Å². The van der Waals surface area contributed by atoms with Crippen molar-refractivity contribution in [1.29, 1.82) is 0 Å². The molecular weight excluding hydrogens is 292 g/mol. The minimum atomic E-state index is -0.468. The zero-order chi connectivity index (χ0) is 17.0. The lowest BCUT2D eigenvalue weighted by molar-refractivity contribution is 0.0223. The van der Waals surface area contributed by atoms with E-state index in [2.05, 4.69) is 17.4 Å². The lowest BCUT2D eigenvalue weighted by Gasteiger charge is -2.31. The molecule has 0 aliphatic carbocycles. The molecule has 0 bridgehead atoms. The van der Waals surface area contributed by atoms with Gasteiger partial charge in [-0.15, -0.1) is 0 Å². The molecule has 1 N–H and O–H groups in total. The molecule has 23 heavy (non-hydrogen) atoms. The van der Waals surface area contributed by atoms with Crippen molar-refractivity contribution in [3.8, 4) is 5.75 Å². The third-order valence-electron chi connectivity index (χ3n) is 3.71. The number of fused-ring (bicyclic) bond motifs is 1. The minimum absolute atomic E-state index is 0.250. The van der Waals surface area contributed by atoms with Crippen LogP contribution in [0.5, 0.6) is 5.75 Å². The van der Waals surface area contributed by atoms with Gasteiger partial charge < -0.3 is 19.7 Å². The fourth-order valence-electron chi connectivity index (χ4n) is 2.74. The Hall–Kier alpha value is -1.75. The van der Waals surface area contributed by atoms with Crippen molar-refractivity contribution in [2.24, 2.45) is 0 Å². The van der Waals surface area contributed by atoms with Gasteiger partial charge in [-0.25, -0.2) is 4.79 Å². The van der Waals surface area contributed by atoms with E-state index >= 15 is 0 Å². The summed E-state index contributed by atoms with van der Waals surface area (Å²) >= 11 is 0. The molecule has 1 heterocycles. The molecular formula is C18H28N2O3. The Balaban J connectivity index is 2.19. The fraction of sp³-hybridized carbons (Fsp3) is 0.611. The predicted molar refractivity (Wildman–Crippen MR) is 90.7 cm³/mol. The average Bonchev–Trinajstić information content (AvgIpc) is 2.46. The minimum Gasteiger partial charge on any atom is -0.494 e. The largest absolute Gasteiger partial charge is 0.494 e. The van der Waals surface area contributed by atoms with Crippen LogP contribution in [-0.4, -0.2) is 36.8 Å². The van der Waals surface area contributed by atoms with Crippen LogP contribution in [0.25, 0.3) is 0 Å². The van der Waals surface area contributed by atoms with Gasteiger partial charge in [0.05, 0.1) is 6.61 Å². The van der Waals surface area contributed by atoms with Crippen LogP contribution in [0.4, 0.5) is 4.79 Å². The van der Waals surface area contributed by atoms with Gasteiger partial charge in [-0.05, 0) is 58.4 Å². The fourth-order valence-corrected chi connectivity index (χ4v) is 2.74. The molecule has 5 nitrogen and oxygen atoms in total. The lowest BCUT2D eigenvalue weighted by Crippen LogP contribution is -2.40. The van der Waals surface area contributed by atoms with Crippen LogP contribution >= 0.6 is 0 Å². The molecule has 1 aliphatic heterocycles. The van der Waals surface area contributed by atoms with E-state index in [0.717, 1.165) is 24.3 Å². The lowest BCUT2D eigenvalue weighted by atomic mass is 9.96. The molecule has 0 fully saturated rings. The summed E-state index contributed by atoms with van der Waals surface area (Å²) in [4.78, 5) is 14.0. The van der Waals surface area contributed by atoms with Crippen LogP contribution in [0.3, 0.4) is 0 Å². The Morgan fingerprint density at radius 3 is 2.65 bits per heavy atom. The molecule has 0 aromatic heterocycles. The molecule has 0 atom stereocenters. The first-order chi connectivity index (χ1) is 10.8. The van der Waals surface area contributed by atoms with Crippen LogP contribution in [0.15, 0.2) is 12.1 Å². The van der Waals surface area contributed by atoms with Crippen LogP contribution in [0.1, 0.15) is 44.4 Å². The standard InChI is InChI=1S/C18H28N2O3/c1-6-22-16-10-15-12-20(17(21)23-18(2,3)4)8-7-13(15)9-14(16)11-19-5/h9-10,19H,6-8,11-12H2,1-5H3. The van der Waals surface area contributed by atoms with Crippen molar-refractivity contribution in [2.75, 3.05) is 20.2 Å². The maximum atomic E-state index is 12.3. The van der Waals surface area contributed by atoms with Crippen LogP contribution in [0.2, 0.25) is 0 Å². The second-order valence-electron chi connectivity index (χ2n) is 6.84. The van der Waals surface area contributed by atoms with Crippen molar-refractivity contribution in [1.82, 2.24) is 10.2 Å². The molecule has 5 heteroatoms. The molecule has 0 spiro atoms. The summed E-state index contributed by atoms with van der Waals surface area (Å²) in [5, 5.41) is 3.18. The Labute approximate surface area is 139 Å². The maximum absolute atomic E-state index is 12.3. The number of carbonyl (C=O) groups is 1. The first kappa shape index (κ1) is 17.6. The smallest absolute Gasteiger partial charge is 0.410 e. The number of benzene rings is 1. The molecule has 0 saturated heterocycles. The monoisotopic (exact) mass is 320 g/mol. The number of hydrogen-bond acceptors (Lipinski definition) is 4. The number of hydrogen-bond donors (Lipinski definition) is 1. The molecule has 1 aliphatic rings.